The molecule has 0 unspecified atom stereocenters. The number of carbonyl (C=O) groups is 1. The molecule has 166 valence electrons. The molecule has 6 heteroatoms. The fourth-order valence-corrected chi connectivity index (χ4v) is 5.25. The molecule has 1 atom stereocenters. The highest BCUT2D eigenvalue weighted by Gasteiger charge is 2.28. The molecule has 1 aromatic carbocycles. The van der Waals surface area contributed by atoms with Gasteiger partial charge in [-0.2, -0.15) is 5.10 Å². The maximum Gasteiger partial charge on any atom is 0.223 e. The van der Waals surface area contributed by atoms with E-state index in [4.69, 9.17) is 10.1 Å². The molecule has 0 saturated carbocycles. The average molecular weight is 430 g/mol. The summed E-state index contributed by atoms with van der Waals surface area (Å²) in [5.41, 5.74) is 6.27. The van der Waals surface area contributed by atoms with Gasteiger partial charge in [-0.1, -0.05) is 25.0 Å². The Bertz CT molecular complexity index is 1280. The van der Waals surface area contributed by atoms with E-state index in [1.54, 1.807) is 0 Å². The minimum absolute atomic E-state index is 0.171. The van der Waals surface area contributed by atoms with Crippen molar-refractivity contribution in [1.82, 2.24) is 24.1 Å². The van der Waals surface area contributed by atoms with Gasteiger partial charge in [-0.3, -0.25) is 4.79 Å². The van der Waals surface area contributed by atoms with Crippen LogP contribution < -0.4 is 0 Å². The number of hydrogen-bond donors (Lipinski definition) is 0. The number of hydrogen-bond acceptors (Lipinski definition) is 3. The van der Waals surface area contributed by atoms with Crippen LogP contribution >= 0.6 is 0 Å². The second-order valence-electron chi connectivity index (χ2n) is 9.01. The molecule has 1 aliphatic heterocycles. The second kappa shape index (κ2) is 8.41. The lowest BCUT2D eigenvalue weighted by molar-refractivity contribution is -0.133. The van der Waals surface area contributed by atoms with E-state index >= 15 is 0 Å². The Balaban J connectivity index is 1.41. The molecule has 6 nitrogen and oxygen atoms in total. The van der Waals surface area contributed by atoms with Crippen molar-refractivity contribution in [3.05, 3.63) is 65.2 Å². The summed E-state index contributed by atoms with van der Waals surface area (Å²) < 4.78 is 4.10. The predicted octanol–water partition coefficient (Wildman–Crippen LogP) is 4.91. The van der Waals surface area contributed by atoms with E-state index in [1.165, 1.54) is 18.5 Å². The quantitative estimate of drug-likeness (QED) is 0.463. The molecule has 0 N–H and O–H groups in total. The van der Waals surface area contributed by atoms with Crippen molar-refractivity contribution < 1.29 is 4.79 Å². The van der Waals surface area contributed by atoms with E-state index in [1.807, 2.05) is 29.6 Å². The number of amides is 1. The highest BCUT2D eigenvalue weighted by atomic mass is 16.2. The Morgan fingerprint density at radius 3 is 2.75 bits per heavy atom. The molecule has 0 spiro atoms. The van der Waals surface area contributed by atoms with Crippen molar-refractivity contribution in [1.29, 1.82) is 0 Å². The molecule has 0 aliphatic carbocycles. The first-order valence-electron chi connectivity index (χ1n) is 11.7. The summed E-state index contributed by atoms with van der Waals surface area (Å²) in [6.07, 6.45) is 7.74. The van der Waals surface area contributed by atoms with E-state index in [0.717, 1.165) is 52.9 Å². The maximum atomic E-state index is 13.4. The lowest BCUT2D eigenvalue weighted by atomic mass is 10.0. The summed E-state index contributed by atoms with van der Waals surface area (Å²) in [5.74, 6) is 0.239. The van der Waals surface area contributed by atoms with Crippen molar-refractivity contribution in [2.45, 2.75) is 58.4 Å². The van der Waals surface area contributed by atoms with Gasteiger partial charge in [0.15, 0.2) is 5.65 Å². The normalized spacial score (nSPS) is 17.2. The maximum absolute atomic E-state index is 13.4. The number of carbonyl (C=O) groups excluding carboxylic acids is 1. The summed E-state index contributed by atoms with van der Waals surface area (Å²) in [7, 11) is 2.07. The Hall–Kier alpha value is -3.15. The third-order valence-corrected chi connectivity index (χ3v) is 7.01. The summed E-state index contributed by atoms with van der Waals surface area (Å²) >= 11 is 0. The number of aromatic nitrogens is 4. The van der Waals surface area contributed by atoms with Crippen LogP contribution in [0.15, 0.2) is 42.6 Å². The van der Waals surface area contributed by atoms with Gasteiger partial charge < -0.3 is 9.47 Å². The van der Waals surface area contributed by atoms with Crippen molar-refractivity contribution in [3.8, 4) is 0 Å². The number of nitrogens with zero attached hydrogens (tertiary/aromatic N) is 5. The van der Waals surface area contributed by atoms with Crippen LogP contribution in [0.1, 0.15) is 60.8 Å². The standard InChI is InChI=1S/C26H31N5O/c1-18-20(19(2)31-26(27-18)21-10-6-7-11-22(21)28-31)14-15-25(32)30-17-8-4-5-12-24(30)23-13-9-16-29(23)3/h6-7,9-11,13,16,24H,4-5,8,12,14-15,17H2,1-3H3/t24-/m1/s1. The van der Waals surface area contributed by atoms with Crippen molar-refractivity contribution in [3.63, 3.8) is 0 Å². The first-order chi connectivity index (χ1) is 15.5. The Kier molecular flexibility index (Phi) is 5.45. The Morgan fingerprint density at radius 1 is 1.09 bits per heavy atom. The molecule has 1 saturated heterocycles. The minimum atomic E-state index is 0.171. The van der Waals surface area contributed by atoms with Crippen LogP contribution in [-0.4, -0.2) is 36.5 Å². The molecule has 32 heavy (non-hydrogen) atoms. The molecular formula is C26H31N5O. The summed E-state index contributed by atoms with van der Waals surface area (Å²) in [6.45, 7) is 4.98. The van der Waals surface area contributed by atoms with Crippen molar-refractivity contribution >= 4 is 22.5 Å². The van der Waals surface area contributed by atoms with Gasteiger partial charge in [0.05, 0.1) is 11.6 Å². The van der Waals surface area contributed by atoms with E-state index in [-0.39, 0.29) is 11.9 Å². The number of rotatable bonds is 4. The third-order valence-electron chi connectivity index (χ3n) is 7.01. The molecule has 5 rings (SSSR count). The fourth-order valence-electron chi connectivity index (χ4n) is 5.25. The molecule has 1 amide bonds. The van der Waals surface area contributed by atoms with Gasteiger partial charge in [-0.25, -0.2) is 9.50 Å². The van der Waals surface area contributed by atoms with Crippen LogP contribution in [0.2, 0.25) is 0 Å². The average Bonchev–Trinajstić information content (AvgIpc) is 3.28. The summed E-state index contributed by atoms with van der Waals surface area (Å²) in [5, 5.41) is 5.82. The van der Waals surface area contributed by atoms with Crippen LogP contribution in [0.4, 0.5) is 0 Å². The number of benzene rings is 1. The first-order valence-corrected chi connectivity index (χ1v) is 11.7. The molecule has 4 heterocycles. The molecule has 0 bridgehead atoms. The van der Waals surface area contributed by atoms with Crippen LogP contribution in [-0.2, 0) is 18.3 Å². The molecule has 1 fully saturated rings. The van der Waals surface area contributed by atoms with Crippen LogP contribution in [0.25, 0.3) is 16.6 Å². The van der Waals surface area contributed by atoms with E-state index < -0.39 is 0 Å². The summed E-state index contributed by atoms with van der Waals surface area (Å²) in [4.78, 5) is 20.4. The Labute approximate surface area is 188 Å². The molecule has 3 aromatic heterocycles. The number of aryl methyl sites for hydroxylation is 3. The SMILES string of the molecule is Cc1nc2c3ccccc3nn2c(C)c1CCC(=O)N1CCCCC[C@@H]1c1cccn1C. The molecule has 1 aliphatic rings. The van der Waals surface area contributed by atoms with Crippen LogP contribution in [0.5, 0.6) is 0 Å². The van der Waals surface area contributed by atoms with E-state index in [0.29, 0.717) is 12.8 Å². The van der Waals surface area contributed by atoms with Gasteiger partial charge in [-0.15, -0.1) is 0 Å². The second-order valence-corrected chi connectivity index (χ2v) is 9.01. The lowest BCUT2D eigenvalue weighted by Crippen LogP contribution is -2.35. The smallest absolute Gasteiger partial charge is 0.223 e. The molecular weight excluding hydrogens is 398 g/mol. The predicted molar refractivity (Wildman–Crippen MR) is 127 cm³/mol. The fraction of sp³-hybridized carbons (Fsp3) is 0.423. The van der Waals surface area contributed by atoms with Gasteiger partial charge in [0.1, 0.15) is 0 Å². The van der Waals surface area contributed by atoms with Crippen molar-refractivity contribution in [2.75, 3.05) is 6.54 Å². The van der Waals surface area contributed by atoms with Crippen LogP contribution in [0, 0.1) is 13.8 Å². The summed E-state index contributed by atoms with van der Waals surface area (Å²) in [6, 6.07) is 12.5. The highest BCUT2D eigenvalue weighted by molar-refractivity contribution is 5.92. The minimum Gasteiger partial charge on any atom is -0.353 e. The van der Waals surface area contributed by atoms with Crippen molar-refractivity contribution in [2.24, 2.45) is 7.05 Å². The zero-order valence-corrected chi connectivity index (χ0v) is 19.2. The third kappa shape index (κ3) is 3.57. The molecule has 4 aromatic rings. The lowest BCUT2D eigenvalue weighted by Gasteiger charge is -2.31. The zero-order valence-electron chi connectivity index (χ0n) is 19.2. The highest BCUT2D eigenvalue weighted by Crippen LogP contribution is 2.31. The van der Waals surface area contributed by atoms with Gasteiger partial charge in [-0.05, 0) is 62.9 Å². The topological polar surface area (TPSA) is 55.4 Å². The zero-order chi connectivity index (χ0) is 22.2. The number of fused-ring (bicyclic) bond motifs is 3. The van der Waals surface area contributed by atoms with Crippen LogP contribution in [0.3, 0.4) is 0 Å². The largest absolute Gasteiger partial charge is 0.353 e. The van der Waals surface area contributed by atoms with Gasteiger partial charge >= 0.3 is 0 Å². The first kappa shape index (κ1) is 20.7. The molecule has 0 radical (unpaired) electrons. The van der Waals surface area contributed by atoms with Gasteiger partial charge in [0.2, 0.25) is 5.91 Å². The van der Waals surface area contributed by atoms with Gasteiger partial charge in [0, 0.05) is 48.7 Å². The number of likely N-dealkylation sites (tertiary alicyclic amines) is 1. The Morgan fingerprint density at radius 2 is 1.94 bits per heavy atom. The monoisotopic (exact) mass is 429 g/mol. The van der Waals surface area contributed by atoms with Gasteiger partial charge in [0.25, 0.3) is 0 Å². The van der Waals surface area contributed by atoms with E-state index in [2.05, 4.69) is 47.8 Å². The van der Waals surface area contributed by atoms with E-state index in [9.17, 15) is 4.79 Å².